The van der Waals surface area contributed by atoms with E-state index in [1.165, 1.54) is 22.3 Å². The monoisotopic (exact) mass is 240 g/mol. The molecule has 0 amide bonds. The Morgan fingerprint density at radius 1 is 0.833 bits per heavy atom. The number of aryl methyl sites for hydroxylation is 2. The first kappa shape index (κ1) is 12.8. The Labute approximate surface area is 109 Å². The van der Waals surface area contributed by atoms with Gasteiger partial charge < -0.3 is 4.74 Å². The molecule has 0 radical (unpaired) electrons. The molecule has 0 saturated carbocycles. The van der Waals surface area contributed by atoms with Crippen LogP contribution in [0.1, 0.15) is 28.2 Å². The molecule has 0 saturated heterocycles. The van der Waals surface area contributed by atoms with Gasteiger partial charge in [0, 0.05) is 13.0 Å². The second-order valence-corrected chi connectivity index (χ2v) is 4.72. The highest BCUT2D eigenvalue weighted by Crippen LogP contribution is 2.29. The zero-order chi connectivity index (χ0) is 13.0. The van der Waals surface area contributed by atoms with E-state index in [1.54, 1.807) is 7.11 Å². The van der Waals surface area contributed by atoms with E-state index in [0.29, 0.717) is 5.92 Å². The number of methoxy groups -OCH3 is 1. The lowest BCUT2D eigenvalue weighted by atomic mass is 9.87. The number of hydrogen-bond donors (Lipinski definition) is 0. The SMILES string of the molecule is COCC(c1ccccc1C)c1ccccc1C. The smallest absolute Gasteiger partial charge is 0.0571 e. The first-order valence-electron chi connectivity index (χ1n) is 6.34. The van der Waals surface area contributed by atoms with E-state index in [4.69, 9.17) is 4.74 Å². The Balaban J connectivity index is 2.47. The fourth-order valence-electron chi connectivity index (χ4n) is 2.47. The average Bonchev–Trinajstić information content (AvgIpc) is 2.38. The topological polar surface area (TPSA) is 9.23 Å². The van der Waals surface area contributed by atoms with Crippen LogP contribution >= 0.6 is 0 Å². The standard InChI is InChI=1S/C17H20O/c1-13-8-4-6-10-15(13)17(12-18-3)16-11-7-5-9-14(16)2/h4-11,17H,12H2,1-3H3. The molecule has 0 aliphatic heterocycles. The molecule has 0 spiro atoms. The largest absolute Gasteiger partial charge is 0.384 e. The second-order valence-electron chi connectivity index (χ2n) is 4.72. The van der Waals surface area contributed by atoms with Gasteiger partial charge in [-0.1, -0.05) is 48.5 Å². The van der Waals surface area contributed by atoms with Gasteiger partial charge in [-0.25, -0.2) is 0 Å². The van der Waals surface area contributed by atoms with Crippen LogP contribution in [0.15, 0.2) is 48.5 Å². The van der Waals surface area contributed by atoms with Crippen molar-refractivity contribution in [3.63, 3.8) is 0 Å². The molecule has 0 fully saturated rings. The van der Waals surface area contributed by atoms with Crippen LogP contribution < -0.4 is 0 Å². The quantitative estimate of drug-likeness (QED) is 0.782. The molecule has 2 aromatic rings. The van der Waals surface area contributed by atoms with Crippen molar-refractivity contribution in [2.75, 3.05) is 13.7 Å². The summed E-state index contributed by atoms with van der Waals surface area (Å²) in [5.41, 5.74) is 5.35. The minimum absolute atomic E-state index is 0.317. The predicted molar refractivity (Wildman–Crippen MR) is 76.1 cm³/mol. The second kappa shape index (κ2) is 5.83. The molecule has 1 nitrogen and oxygen atoms in total. The molecular formula is C17H20O. The summed E-state index contributed by atoms with van der Waals surface area (Å²) >= 11 is 0. The first-order chi connectivity index (χ1) is 8.74. The summed E-state index contributed by atoms with van der Waals surface area (Å²) in [6.45, 7) is 5.04. The zero-order valence-corrected chi connectivity index (χ0v) is 11.3. The van der Waals surface area contributed by atoms with Crippen molar-refractivity contribution >= 4 is 0 Å². The summed E-state index contributed by atoms with van der Waals surface area (Å²) in [6, 6.07) is 17.1. The lowest BCUT2D eigenvalue weighted by Crippen LogP contribution is -2.11. The normalized spacial score (nSPS) is 10.9. The number of benzene rings is 2. The molecule has 0 atom stereocenters. The molecule has 1 heteroatoms. The third-order valence-electron chi connectivity index (χ3n) is 3.46. The maximum absolute atomic E-state index is 5.42. The molecule has 0 unspecified atom stereocenters. The van der Waals surface area contributed by atoms with Gasteiger partial charge in [0.05, 0.1) is 6.61 Å². The number of rotatable bonds is 4. The van der Waals surface area contributed by atoms with Crippen molar-refractivity contribution < 1.29 is 4.74 Å². The Bertz CT molecular complexity index is 471. The number of ether oxygens (including phenoxy) is 1. The maximum atomic E-state index is 5.42. The van der Waals surface area contributed by atoms with Crippen LogP contribution in [0.5, 0.6) is 0 Å². The summed E-state index contributed by atoms with van der Waals surface area (Å²) in [5, 5.41) is 0. The minimum Gasteiger partial charge on any atom is -0.384 e. The third kappa shape index (κ3) is 2.62. The molecule has 0 aliphatic rings. The van der Waals surface area contributed by atoms with Crippen molar-refractivity contribution in [1.82, 2.24) is 0 Å². The highest BCUT2D eigenvalue weighted by molar-refractivity contribution is 5.40. The van der Waals surface area contributed by atoms with E-state index in [9.17, 15) is 0 Å². The van der Waals surface area contributed by atoms with Gasteiger partial charge in [-0.05, 0) is 36.1 Å². The third-order valence-corrected chi connectivity index (χ3v) is 3.46. The minimum atomic E-state index is 0.317. The Hall–Kier alpha value is -1.60. The van der Waals surface area contributed by atoms with Crippen LogP contribution in [0.4, 0.5) is 0 Å². The number of hydrogen-bond acceptors (Lipinski definition) is 1. The Morgan fingerprint density at radius 3 is 1.67 bits per heavy atom. The van der Waals surface area contributed by atoms with Gasteiger partial charge in [0.15, 0.2) is 0 Å². The molecule has 0 bridgehead atoms. The highest BCUT2D eigenvalue weighted by atomic mass is 16.5. The summed E-state index contributed by atoms with van der Waals surface area (Å²) < 4.78 is 5.42. The molecule has 2 rings (SSSR count). The van der Waals surface area contributed by atoms with Crippen LogP contribution in [-0.4, -0.2) is 13.7 Å². The van der Waals surface area contributed by atoms with Gasteiger partial charge in [-0.15, -0.1) is 0 Å². The summed E-state index contributed by atoms with van der Waals surface area (Å²) in [7, 11) is 1.77. The molecule has 0 N–H and O–H groups in total. The van der Waals surface area contributed by atoms with Gasteiger partial charge in [0.25, 0.3) is 0 Å². The molecular weight excluding hydrogens is 220 g/mol. The van der Waals surface area contributed by atoms with Crippen molar-refractivity contribution in [1.29, 1.82) is 0 Å². The predicted octanol–water partition coefficient (Wildman–Crippen LogP) is 4.08. The van der Waals surface area contributed by atoms with Crippen molar-refractivity contribution in [3.8, 4) is 0 Å². The van der Waals surface area contributed by atoms with E-state index < -0.39 is 0 Å². The molecule has 94 valence electrons. The van der Waals surface area contributed by atoms with E-state index >= 15 is 0 Å². The van der Waals surface area contributed by atoms with Crippen molar-refractivity contribution in [2.45, 2.75) is 19.8 Å². The summed E-state index contributed by atoms with van der Waals surface area (Å²) in [5.74, 6) is 0.317. The fourth-order valence-corrected chi connectivity index (χ4v) is 2.47. The van der Waals surface area contributed by atoms with Gasteiger partial charge in [0.1, 0.15) is 0 Å². The van der Waals surface area contributed by atoms with Gasteiger partial charge in [-0.3, -0.25) is 0 Å². The van der Waals surface area contributed by atoms with Crippen LogP contribution in [0.2, 0.25) is 0 Å². The Kier molecular flexibility index (Phi) is 4.16. The van der Waals surface area contributed by atoms with Gasteiger partial charge >= 0.3 is 0 Å². The lowest BCUT2D eigenvalue weighted by Gasteiger charge is -2.21. The molecule has 0 aliphatic carbocycles. The van der Waals surface area contributed by atoms with Gasteiger partial charge in [-0.2, -0.15) is 0 Å². The maximum Gasteiger partial charge on any atom is 0.0571 e. The molecule has 2 aromatic carbocycles. The van der Waals surface area contributed by atoms with Crippen molar-refractivity contribution in [2.24, 2.45) is 0 Å². The average molecular weight is 240 g/mol. The lowest BCUT2D eigenvalue weighted by molar-refractivity contribution is 0.189. The summed E-state index contributed by atoms with van der Waals surface area (Å²) in [4.78, 5) is 0. The van der Waals surface area contributed by atoms with Crippen LogP contribution in [0, 0.1) is 13.8 Å². The zero-order valence-electron chi connectivity index (χ0n) is 11.3. The van der Waals surface area contributed by atoms with E-state index in [1.807, 2.05) is 0 Å². The fraction of sp³-hybridized carbons (Fsp3) is 0.294. The highest BCUT2D eigenvalue weighted by Gasteiger charge is 2.17. The van der Waals surface area contributed by atoms with Crippen LogP contribution in [-0.2, 0) is 4.74 Å². The van der Waals surface area contributed by atoms with Gasteiger partial charge in [0.2, 0.25) is 0 Å². The van der Waals surface area contributed by atoms with Crippen molar-refractivity contribution in [3.05, 3.63) is 70.8 Å². The van der Waals surface area contributed by atoms with E-state index in [-0.39, 0.29) is 0 Å². The molecule has 0 aromatic heterocycles. The molecule has 0 heterocycles. The summed E-state index contributed by atoms with van der Waals surface area (Å²) in [6.07, 6.45) is 0. The van der Waals surface area contributed by atoms with Crippen LogP contribution in [0.25, 0.3) is 0 Å². The Morgan fingerprint density at radius 2 is 1.28 bits per heavy atom. The van der Waals surface area contributed by atoms with E-state index in [0.717, 1.165) is 6.61 Å². The molecule has 18 heavy (non-hydrogen) atoms. The van der Waals surface area contributed by atoms with E-state index in [2.05, 4.69) is 62.4 Å². The van der Waals surface area contributed by atoms with Crippen LogP contribution in [0.3, 0.4) is 0 Å². The first-order valence-corrected chi connectivity index (χ1v) is 6.34.